The van der Waals surface area contributed by atoms with E-state index in [0.29, 0.717) is 4.77 Å². The number of nitrogens with zero attached hydrogens (tertiary/aromatic N) is 2. The molecule has 2 aromatic rings. The van der Waals surface area contributed by atoms with Gasteiger partial charge in [-0.3, -0.25) is 4.57 Å². The molecule has 2 unspecified atom stereocenters. The molecule has 5 heteroatoms. The van der Waals surface area contributed by atoms with E-state index in [1.807, 2.05) is 16.7 Å². The van der Waals surface area contributed by atoms with Crippen LogP contribution in [0, 0.1) is 4.77 Å². The highest BCUT2D eigenvalue weighted by Gasteiger charge is 2.25. The molecular formula is C13H17N3OS. The van der Waals surface area contributed by atoms with Crippen molar-refractivity contribution in [2.24, 2.45) is 0 Å². The summed E-state index contributed by atoms with van der Waals surface area (Å²) >= 11 is 5.39. The summed E-state index contributed by atoms with van der Waals surface area (Å²) in [4.78, 5) is 7.57. The topological polar surface area (TPSA) is 53.8 Å². The Balaban J connectivity index is 2.12. The quantitative estimate of drug-likeness (QED) is 0.614. The number of hydrogen-bond acceptors (Lipinski definition) is 3. The Kier molecular flexibility index (Phi) is 3.18. The van der Waals surface area contributed by atoms with Crippen molar-refractivity contribution in [1.82, 2.24) is 14.5 Å². The average Bonchev–Trinajstić information content (AvgIpc) is 2.55. The number of aliphatic hydroxyl groups is 1. The molecule has 0 spiro atoms. The van der Waals surface area contributed by atoms with Crippen molar-refractivity contribution in [3.8, 4) is 0 Å². The first-order valence-corrected chi connectivity index (χ1v) is 6.91. The van der Waals surface area contributed by atoms with Crippen molar-refractivity contribution in [3.63, 3.8) is 0 Å². The Labute approximate surface area is 111 Å². The Hall–Kier alpha value is -1.20. The van der Waals surface area contributed by atoms with Gasteiger partial charge >= 0.3 is 0 Å². The molecule has 0 radical (unpaired) electrons. The summed E-state index contributed by atoms with van der Waals surface area (Å²) in [5.74, 6) is 0. The summed E-state index contributed by atoms with van der Waals surface area (Å²) in [6.45, 7) is 0. The predicted octanol–water partition coefficient (Wildman–Crippen LogP) is 2.96. The highest BCUT2D eigenvalue weighted by Crippen LogP contribution is 2.30. The van der Waals surface area contributed by atoms with Crippen LogP contribution in [-0.2, 0) is 0 Å². The lowest BCUT2D eigenvalue weighted by Crippen LogP contribution is -2.23. The lowest BCUT2D eigenvalue weighted by atomic mass is 10.1. The maximum atomic E-state index is 10.3. The average molecular weight is 263 g/mol. The summed E-state index contributed by atoms with van der Waals surface area (Å²) in [6, 6.07) is 3.92. The van der Waals surface area contributed by atoms with E-state index in [-0.39, 0.29) is 12.1 Å². The van der Waals surface area contributed by atoms with Gasteiger partial charge in [0.2, 0.25) is 0 Å². The van der Waals surface area contributed by atoms with Crippen LogP contribution in [0.15, 0.2) is 18.3 Å². The molecule has 0 amide bonds. The van der Waals surface area contributed by atoms with E-state index >= 15 is 0 Å². The number of aromatic amines is 1. The highest BCUT2D eigenvalue weighted by atomic mass is 32.1. The van der Waals surface area contributed by atoms with E-state index in [2.05, 4.69) is 9.97 Å². The molecule has 3 rings (SSSR count). The van der Waals surface area contributed by atoms with Crippen molar-refractivity contribution >= 4 is 23.4 Å². The van der Waals surface area contributed by atoms with Crippen molar-refractivity contribution in [2.75, 3.05) is 0 Å². The lowest BCUT2D eigenvalue weighted by Gasteiger charge is -2.22. The van der Waals surface area contributed by atoms with Gasteiger partial charge in [-0.05, 0) is 37.2 Å². The molecule has 1 aliphatic rings. The zero-order valence-electron chi connectivity index (χ0n) is 10.2. The predicted molar refractivity (Wildman–Crippen MR) is 73.0 cm³/mol. The van der Waals surface area contributed by atoms with Crippen LogP contribution in [-0.4, -0.2) is 25.7 Å². The number of rotatable bonds is 1. The fourth-order valence-electron chi connectivity index (χ4n) is 2.84. The Bertz CT molecular complexity index is 604. The Morgan fingerprint density at radius 3 is 3.06 bits per heavy atom. The van der Waals surface area contributed by atoms with Gasteiger partial charge in [0, 0.05) is 6.20 Å². The molecule has 1 saturated carbocycles. The summed E-state index contributed by atoms with van der Waals surface area (Å²) in [7, 11) is 0. The minimum absolute atomic E-state index is 0.0589. The monoisotopic (exact) mass is 263 g/mol. The summed E-state index contributed by atoms with van der Waals surface area (Å²) in [5, 5.41) is 10.3. The number of aromatic nitrogens is 3. The fraction of sp³-hybridized carbons (Fsp3) is 0.538. The van der Waals surface area contributed by atoms with Crippen LogP contribution in [0.25, 0.3) is 11.2 Å². The maximum absolute atomic E-state index is 10.3. The number of fused-ring (bicyclic) bond motifs is 1. The van der Waals surface area contributed by atoms with Gasteiger partial charge in [0.05, 0.1) is 17.7 Å². The fourth-order valence-corrected chi connectivity index (χ4v) is 3.17. The first-order chi connectivity index (χ1) is 8.77. The zero-order chi connectivity index (χ0) is 12.5. The van der Waals surface area contributed by atoms with Crippen molar-refractivity contribution in [2.45, 2.75) is 44.2 Å². The van der Waals surface area contributed by atoms with Crippen LogP contribution in [0.2, 0.25) is 0 Å². The van der Waals surface area contributed by atoms with Crippen molar-refractivity contribution in [1.29, 1.82) is 0 Å². The molecule has 18 heavy (non-hydrogen) atoms. The minimum atomic E-state index is -0.319. The smallest absolute Gasteiger partial charge is 0.179 e. The Morgan fingerprint density at radius 1 is 1.33 bits per heavy atom. The number of hydrogen-bond donors (Lipinski definition) is 2. The number of aliphatic hydroxyl groups excluding tert-OH is 1. The van der Waals surface area contributed by atoms with E-state index < -0.39 is 0 Å². The van der Waals surface area contributed by atoms with Gasteiger partial charge in [-0.1, -0.05) is 19.3 Å². The minimum Gasteiger partial charge on any atom is -0.391 e. The van der Waals surface area contributed by atoms with Crippen LogP contribution in [0.1, 0.15) is 38.1 Å². The summed E-state index contributed by atoms with van der Waals surface area (Å²) in [5.41, 5.74) is 1.80. The first kappa shape index (κ1) is 11.9. The zero-order valence-corrected chi connectivity index (χ0v) is 11.0. The second-order valence-corrected chi connectivity index (χ2v) is 5.33. The summed E-state index contributed by atoms with van der Waals surface area (Å²) < 4.78 is 2.66. The molecule has 96 valence electrons. The molecule has 2 aromatic heterocycles. The van der Waals surface area contributed by atoms with Gasteiger partial charge in [-0.25, -0.2) is 4.98 Å². The van der Waals surface area contributed by atoms with Crippen LogP contribution in [0.5, 0.6) is 0 Å². The lowest BCUT2D eigenvalue weighted by molar-refractivity contribution is 0.106. The van der Waals surface area contributed by atoms with Crippen molar-refractivity contribution in [3.05, 3.63) is 23.1 Å². The van der Waals surface area contributed by atoms with Gasteiger partial charge in [-0.2, -0.15) is 0 Å². The van der Waals surface area contributed by atoms with Crippen molar-refractivity contribution < 1.29 is 5.11 Å². The Morgan fingerprint density at radius 2 is 2.17 bits per heavy atom. The van der Waals surface area contributed by atoms with Crippen LogP contribution in [0.3, 0.4) is 0 Å². The van der Waals surface area contributed by atoms with E-state index in [0.717, 1.165) is 36.8 Å². The van der Waals surface area contributed by atoms with E-state index in [9.17, 15) is 5.11 Å². The normalized spacial score (nSPS) is 25.2. The second-order valence-electron chi connectivity index (χ2n) is 4.95. The molecule has 4 nitrogen and oxygen atoms in total. The van der Waals surface area contributed by atoms with Crippen LogP contribution < -0.4 is 0 Å². The largest absolute Gasteiger partial charge is 0.391 e. The highest BCUT2D eigenvalue weighted by molar-refractivity contribution is 7.71. The second kappa shape index (κ2) is 4.82. The third-order valence-corrected chi connectivity index (χ3v) is 4.05. The van der Waals surface area contributed by atoms with Gasteiger partial charge in [0.1, 0.15) is 0 Å². The molecular weight excluding hydrogens is 246 g/mol. The van der Waals surface area contributed by atoms with Gasteiger partial charge < -0.3 is 10.1 Å². The molecule has 2 N–H and O–H groups in total. The van der Waals surface area contributed by atoms with Crippen LogP contribution >= 0.6 is 12.2 Å². The van der Waals surface area contributed by atoms with Gasteiger partial charge in [0.25, 0.3) is 0 Å². The van der Waals surface area contributed by atoms with E-state index in [1.165, 1.54) is 6.42 Å². The molecule has 1 fully saturated rings. The third kappa shape index (κ3) is 1.97. The van der Waals surface area contributed by atoms with E-state index in [4.69, 9.17) is 12.2 Å². The molecule has 1 aliphatic carbocycles. The molecule has 2 heterocycles. The molecule has 0 bridgehead atoms. The van der Waals surface area contributed by atoms with E-state index in [1.54, 1.807) is 6.20 Å². The maximum Gasteiger partial charge on any atom is 0.179 e. The number of H-pyrrole nitrogens is 1. The SMILES string of the molecule is OC1CCCCCC1n1c(=S)[nH]c2cccnc21. The molecule has 0 aliphatic heterocycles. The number of imidazole rings is 1. The first-order valence-electron chi connectivity index (χ1n) is 6.50. The standard InChI is InChI=1S/C13H17N3OS/c17-11-7-3-1-2-6-10(11)16-12-9(15-13(16)18)5-4-8-14-12/h4-5,8,10-11,17H,1-3,6-7H2,(H,15,18). The molecule has 2 atom stereocenters. The number of nitrogens with one attached hydrogen (secondary N) is 1. The van der Waals surface area contributed by atoms with Crippen LogP contribution in [0.4, 0.5) is 0 Å². The summed E-state index contributed by atoms with van der Waals surface area (Å²) in [6.07, 6.45) is 6.70. The van der Waals surface area contributed by atoms with Gasteiger partial charge in [0.15, 0.2) is 10.4 Å². The molecule has 0 saturated heterocycles. The number of pyridine rings is 1. The van der Waals surface area contributed by atoms with Gasteiger partial charge in [-0.15, -0.1) is 0 Å². The molecule has 0 aromatic carbocycles. The third-order valence-electron chi connectivity index (χ3n) is 3.75.